The van der Waals surface area contributed by atoms with Crippen LogP contribution >= 0.6 is 0 Å². The van der Waals surface area contributed by atoms with Crippen LogP contribution in [0.25, 0.3) is 11.0 Å². The second-order valence-corrected chi connectivity index (χ2v) is 3.17. The Labute approximate surface area is 81.2 Å². The van der Waals surface area contributed by atoms with E-state index < -0.39 is 0 Å². The van der Waals surface area contributed by atoms with Crippen LogP contribution in [0.5, 0.6) is 0 Å². The lowest BCUT2D eigenvalue weighted by molar-refractivity contribution is 0.281. The highest BCUT2D eigenvalue weighted by atomic mass is 16.3. The van der Waals surface area contributed by atoms with Crippen LogP contribution in [0.15, 0.2) is 22.8 Å². The molecular weight excluding hydrogens is 178 g/mol. The number of aryl methyl sites for hydroxylation is 1. The summed E-state index contributed by atoms with van der Waals surface area (Å²) in [4.78, 5) is 0. The summed E-state index contributed by atoms with van der Waals surface area (Å²) < 4.78 is 5.30. The fourth-order valence-electron chi connectivity index (χ4n) is 1.58. The molecule has 1 heterocycles. The summed E-state index contributed by atoms with van der Waals surface area (Å²) >= 11 is 0. The molecule has 0 fully saturated rings. The molecule has 3 nitrogen and oxygen atoms in total. The summed E-state index contributed by atoms with van der Waals surface area (Å²) in [5, 5.41) is 18.8. The fraction of sp³-hybridized carbons (Fsp3) is 0.182. The van der Waals surface area contributed by atoms with Gasteiger partial charge in [-0.2, -0.15) is 5.26 Å². The lowest BCUT2D eigenvalue weighted by atomic mass is 10.0. The van der Waals surface area contributed by atoms with E-state index in [0.29, 0.717) is 16.7 Å². The van der Waals surface area contributed by atoms with E-state index >= 15 is 0 Å². The van der Waals surface area contributed by atoms with Gasteiger partial charge in [0.05, 0.1) is 24.5 Å². The highest BCUT2D eigenvalue weighted by Gasteiger charge is 2.10. The van der Waals surface area contributed by atoms with Gasteiger partial charge in [0.1, 0.15) is 5.58 Å². The van der Waals surface area contributed by atoms with Crippen molar-refractivity contribution in [3.63, 3.8) is 0 Å². The summed E-state index contributed by atoms with van der Waals surface area (Å²) in [5.74, 6) is 0. The van der Waals surface area contributed by atoms with Gasteiger partial charge >= 0.3 is 0 Å². The molecule has 1 aromatic carbocycles. The van der Waals surface area contributed by atoms with Gasteiger partial charge in [0.25, 0.3) is 0 Å². The van der Waals surface area contributed by atoms with Gasteiger partial charge in [-0.1, -0.05) is 6.07 Å². The van der Waals surface area contributed by atoms with Crippen LogP contribution in [-0.2, 0) is 6.61 Å². The average Bonchev–Trinajstić information content (AvgIpc) is 2.60. The maximum absolute atomic E-state index is 9.07. The van der Waals surface area contributed by atoms with Gasteiger partial charge < -0.3 is 9.52 Å². The normalized spacial score (nSPS) is 10.4. The molecule has 0 spiro atoms. The van der Waals surface area contributed by atoms with Crippen molar-refractivity contribution < 1.29 is 9.52 Å². The van der Waals surface area contributed by atoms with Crippen LogP contribution in [0.2, 0.25) is 0 Å². The fourth-order valence-corrected chi connectivity index (χ4v) is 1.58. The molecule has 0 saturated heterocycles. The Hall–Kier alpha value is -1.79. The van der Waals surface area contributed by atoms with E-state index in [1.807, 2.05) is 6.92 Å². The molecule has 14 heavy (non-hydrogen) atoms. The van der Waals surface area contributed by atoms with Crippen LogP contribution in [0.4, 0.5) is 0 Å². The van der Waals surface area contributed by atoms with Gasteiger partial charge in [-0.05, 0) is 18.6 Å². The number of benzene rings is 1. The van der Waals surface area contributed by atoms with Crippen LogP contribution < -0.4 is 0 Å². The second kappa shape index (κ2) is 3.17. The zero-order chi connectivity index (χ0) is 10.1. The van der Waals surface area contributed by atoms with Crippen molar-refractivity contribution in [2.24, 2.45) is 0 Å². The molecule has 2 aromatic rings. The predicted octanol–water partition coefficient (Wildman–Crippen LogP) is 2.11. The Morgan fingerprint density at radius 2 is 2.29 bits per heavy atom. The van der Waals surface area contributed by atoms with Crippen molar-refractivity contribution in [3.05, 3.63) is 35.1 Å². The molecule has 0 aliphatic carbocycles. The molecule has 0 aliphatic rings. The van der Waals surface area contributed by atoms with Crippen molar-refractivity contribution in [3.8, 4) is 6.07 Å². The smallest absolute Gasteiger partial charge is 0.140 e. The Balaban J connectivity index is 2.89. The highest BCUT2D eigenvalue weighted by Crippen LogP contribution is 2.27. The third kappa shape index (κ3) is 1.09. The Bertz CT molecular complexity index is 520. The Morgan fingerprint density at radius 1 is 1.50 bits per heavy atom. The number of aliphatic hydroxyl groups is 1. The summed E-state index contributed by atoms with van der Waals surface area (Å²) in [5.41, 5.74) is 2.84. The van der Waals surface area contributed by atoms with Crippen LogP contribution in [0, 0.1) is 18.3 Å². The maximum atomic E-state index is 9.07. The minimum Gasteiger partial charge on any atom is -0.464 e. The standard InChI is InChI=1S/C11H9NO2/c1-7-6-14-11-9(5-13)3-2-8(4-12)10(7)11/h2-3,6,13H,5H2,1H3. The number of furan rings is 1. The van der Waals surface area contributed by atoms with Crippen LogP contribution in [-0.4, -0.2) is 5.11 Å². The lowest BCUT2D eigenvalue weighted by Gasteiger charge is -1.99. The number of hydrogen-bond acceptors (Lipinski definition) is 3. The van der Waals surface area contributed by atoms with Gasteiger partial charge in [-0.25, -0.2) is 0 Å². The zero-order valence-electron chi connectivity index (χ0n) is 7.74. The van der Waals surface area contributed by atoms with Crippen molar-refractivity contribution in [2.75, 3.05) is 0 Å². The molecule has 0 bridgehead atoms. The predicted molar refractivity (Wildman–Crippen MR) is 51.6 cm³/mol. The SMILES string of the molecule is Cc1coc2c(CO)ccc(C#N)c12. The third-order valence-electron chi connectivity index (χ3n) is 2.28. The number of nitriles is 1. The van der Waals surface area contributed by atoms with Crippen molar-refractivity contribution >= 4 is 11.0 Å². The monoisotopic (exact) mass is 187 g/mol. The average molecular weight is 187 g/mol. The first-order chi connectivity index (χ1) is 6.77. The third-order valence-corrected chi connectivity index (χ3v) is 2.28. The van der Waals surface area contributed by atoms with Crippen LogP contribution in [0.3, 0.4) is 0 Å². The first-order valence-electron chi connectivity index (χ1n) is 4.28. The van der Waals surface area contributed by atoms with Gasteiger partial charge in [0, 0.05) is 10.9 Å². The first-order valence-corrected chi connectivity index (χ1v) is 4.28. The Kier molecular flexibility index (Phi) is 1.99. The lowest BCUT2D eigenvalue weighted by Crippen LogP contribution is -1.86. The van der Waals surface area contributed by atoms with Crippen molar-refractivity contribution in [1.82, 2.24) is 0 Å². The number of rotatable bonds is 1. The molecular formula is C11H9NO2. The molecule has 0 saturated carbocycles. The van der Waals surface area contributed by atoms with Gasteiger partial charge in [0.15, 0.2) is 0 Å². The first kappa shape index (κ1) is 8.79. The molecule has 2 rings (SSSR count). The van der Waals surface area contributed by atoms with Gasteiger partial charge in [0.2, 0.25) is 0 Å². The summed E-state index contributed by atoms with van der Waals surface area (Å²) in [6.07, 6.45) is 1.60. The van der Waals surface area contributed by atoms with Crippen LogP contribution in [0.1, 0.15) is 16.7 Å². The molecule has 3 heteroatoms. The maximum Gasteiger partial charge on any atom is 0.140 e. The molecule has 0 radical (unpaired) electrons. The number of fused-ring (bicyclic) bond motifs is 1. The number of nitrogens with zero attached hydrogens (tertiary/aromatic N) is 1. The summed E-state index contributed by atoms with van der Waals surface area (Å²) in [6, 6.07) is 5.52. The summed E-state index contributed by atoms with van der Waals surface area (Å²) in [7, 11) is 0. The number of hydrogen-bond donors (Lipinski definition) is 1. The molecule has 0 amide bonds. The van der Waals surface area contributed by atoms with Crippen molar-refractivity contribution in [2.45, 2.75) is 13.5 Å². The molecule has 0 atom stereocenters. The van der Waals surface area contributed by atoms with Gasteiger partial charge in [-0.15, -0.1) is 0 Å². The quantitative estimate of drug-likeness (QED) is 0.743. The molecule has 70 valence electrons. The van der Waals surface area contributed by atoms with Gasteiger partial charge in [-0.3, -0.25) is 0 Å². The number of aliphatic hydroxyl groups excluding tert-OH is 1. The minimum atomic E-state index is -0.0742. The zero-order valence-corrected chi connectivity index (χ0v) is 7.74. The van der Waals surface area contributed by atoms with E-state index in [2.05, 4.69) is 6.07 Å². The van der Waals surface area contributed by atoms with E-state index in [-0.39, 0.29) is 6.61 Å². The Morgan fingerprint density at radius 3 is 2.93 bits per heavy atom. The molecule has 1 N–H and O–H groups in total. The largest absolute Gasteiger partial charge is 0.464 e. The summed E-state index contributed by atoms with van der Waals surface area (Å²) in [6.45, 7) is 1.81. The van der Waals surface area contributed by atoms with E-state index in [0.717, 1.165) is 10.9 Å². The topological polar surface area (TPSA) is 57.2 Å². The van der Waals surface area contributed by atoms with E-state index in [4.69, 9.17) is 14.8 Å². The van der Waals surface area contributed by atoms with E-state index in [1.54, 1.807) is 18.4 Å². The highest BCUT2D eigenvalue weighted by molar-refractivity contribution is 5.89. The van der Waals surface area contributed by atoms with E-state index in [9.17, 15) is 0 Å². The van der Waals surface area contributed by atoms with E-state index in [1.165, 1.54) is 0 Å². The molecule has 0 aliphatic heterocycles. The second-order valence-electron chi connectivity index (χ2n) is 3.17. The molecule has 0 unspecified atom stereocenters. The molecule has 1 aromatic heterocycles. The minimum absolute atomic E-state index is 0.0742. The van der Waals surface area contributed by atoms with Crippen molar-refractivity contribution in [1.29, 1.82) is 5.26 Å².